The molecule has 0 N–H and O–H groups in total. The highest BCUT2D eigenvalue weighted by Gasteiger charge is 2.21. The van der Waals surface area contributed by atoms with E-state index < -0.39 is 0 Å². The minimum atomic E-state index is 0.0358. The second-order valence-corrected chi connectivity index (χ2v) is 12.3. The first-order chi connectivity index (χ1) is 20.1. The van der Waals surface area contributed by atoms with Crippen LogP contribution in [0.15, 0.2) is 72.8 Å². The number of carbonyl (C=O) groups is 3. The van der Waals surface area contributed by atoms with E-state index in [0.717, 1.165) is 66.6 Å². The average molecular weight is 567 g/mol. The predicted molar refractivity (Wildman–Crippen MR) is 171 cm³/mol. The Morgan fingerprint density at radius 2 is 1.24 bits per heavy atom. The van der Waals surface area contributed by atoms with Crippen LogP contribution in [0.1, 0.15) is 125 Å². The van der Waals surface area contributed by atoms with Crippen molar-refractivity contribution < 1.29 is 14.4 Å². The van der Waals surface area contributed by atoms with E-state index in [1.807, 2.05) is 66.5 Å². The first-order valence-corrected chi connectivity index (χ1v) is 15.5. The van der Waals surface area contributed by atoms with Gasteiger partial charge >= 0.3 is 0 Å². The zero-order chi connectivity index (χ0) is 30.2. The second-order valence-electron chi connectivity index (χ2n) is 12.3. The van der Waals surface area contributed by atoms with Gasteiger partial charge in [-0.3, -0.25) is 14.4 Å². The van der Waals surface area contributed by atoms with Crippen LogP contribution < -0.4 is 0 Å². The molecule has 42 heavy (non-hydrogen) atoms. The maximum absolute atomic E-state index is 13.2. The van der Waals surface area contributed by atoms with Crippen molar-refractivity contribution in [3.05, 3.63) is 106 Å². The fourth-order valence-electron chi connectivity index (χ4n) is 5.66. The van der Waals surface area contributed by atoms with Crippen LogP contribution in [0, 0.1) is 0 Å². The molecule has 0 aliphatic carbocycles. The predicted octanol–water partition coefficient (Wildman–Crippen LogP) is 8.08. The van der Waals surface area contributed by atoms with E-state index in [-0.39, 0.29) is 29.4 Å². The van der Waals surface area contributed by atoms with Crippen molar-refractivity contribution in [2.45, 2.75) is 77.6 Å². The molecule has 5 nitrogen and oxygen atoms in total. The number of amides is 2. The van der Waals surface area contributed by atoms with Crippen LogP contribution in [0.2, 0.25) is 0 Å². The monoisotopic (exact) mass is 566 g/mol. The molecular formula is C37H46N2O3. The van der Waals surface area contributed by atoms with Gasteiger partial charge in [-0.2, -0.15) is 0 Å². The molecule has 4 rings (SSSR count). The molecule has 1 saturated heterocycles. The van der Waals surface area contributed by atoms with E-state index in [4.69, 9.17) is 0 Å². The van der Waals surface area contributed by atoms with Crippen molar-refractivity contribution in [1.82, 2.24) is 9.80 Å². The molecule has 3 aromatic rings. The van der Waals surface area contributed by atoms with E-state index >= 15 is 0 Å². The third kappa shape index (κ3) is 7.96. The van der Waals surface area contributed by atoms with Gasteiger partial charge in [-0.1, -0.05) is 70.2 Å². The smallest absolute Gasteiger partial charge is 0.253 e. The summed E-state index contributed by atoms with van der Waals surface area (Å²) >= 11 is 0. The van der Waals surface area contributed by atoms with Crippen LogP contribution in [0.25, 0.3) is 0 Å². The summed E-state index contributed by atoms with van der Waals surface area (Å²) < 4.78 is 0. The summed E-state index contributed by atoms with van der Waals surface area (Å²) in [5.74, 6) is 1.05. The first kappa shape index (κ1) is 31.2. The molecule has 0 bridgehead atoms. The second kappa shape index (κ2) is 14.4. The van der Waals surface area contributed by atoms with Gasteiger partial charge in [0.15, 0.2) is 5.78 Å². The molecule has 2 amide bonds. The number of likely N-dealkylation sites (tertiary alicyclic amines) is 1. The van der Waals surface area contributed by atoms with Gasteiger partial charge in [-0.15, -0.1) is 0 Å². The van der Waals surface area contributed by atoms with Crippen molar-refractivity contribution in [2.24, 2.45) is 0 Å². The van der Waals surface area contributed by atoms with E-state index in [9.17, 15) is 14.4 Å². The molecule has 2 atom stereocenters. The van der Waals surface area contributed by atoms with Crippen molar-refractivity contribution in [1.29, 1.82) is 0 Å². The summed E-state index contributed by atoms with van der Waals surface area (Å²) in [5.41, 5.74) is 5.59. The van der Waals surface area contributed by atoms with Crippen LogP contribution in [-0.4, -0.2) is 54.1 Å². The Labute approximate surface area is 251 Å². The number of hydrogen-bond acceptors (Lipinski definition) is 3. The Morgan fingerprint density at radius 1 is 0.714 bits per heavy atom. The summed E-state index contributed by atoms with van der Waals surface area (Å²) in [7, 11) is 1.86. The van der Waals surface area contributed by atoms with Crippen LogP contribution in [-0.2, 0) is 0 Å². The van der Waals surface area contributed by atoms with Crippen LogP contribution in [0.3, 0.4) is 0 Å². The van der Waals surface area contributed by atoms with Gasteiger partial charge in [0.25, 0.3) is 11.8 Å². The molecule has 1 heterocycles. The van der Waals surface area contributed by atoms with Gasteiger partial charge in [-0.05, 0) is 90.5 Å². The Morgan fingerprint density at radius 3 is 1.88 bits per heavy atom. The third-order valence-electron chi connectivity index (χ3n) is 8.72. The number of benzene rings is 3. The minimum Gasteiger partial charge on any atom is -0.342 e. The molecule has 0 aromatic heterocycles. The van der Waals surface area contributed by atoms with Crippen molar-refractivity contribution in [3.8, 4) is 0 Å². The maximum Gasteiger partial charge on any atom is 0.253 e. The lowest BCUT2D eigenvalue weighted by Crippen LogP contribution is -2.28. The van der Waals surface area contributed by atoms with Crippen LogP contribution in [0.5, 0.6) is 0 Å². The number of rotatable bonds is 12. The Bertz CT molecular complexity index is 1390. The summed E-state index contributed by atoms with van der Waals surface area (Å²) in [5, 5.41) is 0. The lowest BCUT2D eigenvalue weighted by molar-refractivity contribution is 0.0784. The standard InChI is InChI=1S/C37H46N2O3/c1-26(2)29-11-8-15-33(23-29)36(41)38(5)22-19-28(4)30-12-9-14-32(24-30)35(40)18-17-27(3)31-13-10-16-34(25-31)37(42)39-20-6-7-21-39/h8-16,23-28H,6-7,17-22H2,1-5H3. The van der Waals surface area contributed by atoms with E-state index in [2.05, 4.69) is 45.9 Å². The highest BCUT2D eigenvalue weighted by molar-refractivity contribution is 5.96. The molecule has 0 radical (unpaired) electrons. The molecule has 0 saturated carbocycles. The molecule has 5 heteroatoms. The molecule has 1 fully saturated rings. The van der Waals surface area contributed by atoms with E-state index in [1.165, 1.54) is 5.56 Å². The largest absolute Gasteiger partial charge is 0.342 e. The number of carbonyl (C=O) groups excluding carboxylic acids is 3. The SMILES string of the molecule is CC(C)c1cccc(C(=O)N(C)CCC(C)c2cccc(C(=O)CCC(C)c3cccc(C(=O)N4CCCC4)c3)c2)c1. The van der Waals surface area contributed by atoms with Crippen LogP contribution in [0.4, 0.5) is 0 Å². The maximum atomic E-state index is 13.2. The van der Waals surface area contributed by atoms with Gasteiger partial charge < -0.3 is 9.80 Å². The minimum absolute atomic E-state index is 0.0358. The Balaban J connectivity index is 1.30. The lowest BCUT2D eigenvalue weighted by atomic mass is 9.91. The van der Waals surface area contributed by atoms with Crippen molar-refractivity contribution in [3.63, 3.8) is 0 Å². The van der Waals surface area contributed by atoms with Crippen molar-refractivity contribution in [2.75, 3.05) is 26.7 Å². The number of nitrogens with zero attached hydrogens (tertiary/aromatic N) is 2. The number of hydrogen-bond donors (Lipinski definition) is 0. The fourth-order valence-corrected chi connectivity index (χ4v) is 5.66. The molecule has 0 spiro atoms. The molecular weight excluding hydrogens is 520 g/mol. The highest BCUT2D eigenvalue weighted by Crippen LogP contribution is 2.26. The summed E-state index contributed by atoms with van der Waals surface area (Å²) in [6, 6.07) is 23.7. The molecule has 2 unspecified atom stereocenters. The summed E-state index contributed by atoms with van der Waals surface area (Å²) in [4.78, 5) is 42.7. The van der Waals surface area contributed by atoms with E-state index in [0.29, 0.717) is 18.9 Å². The van der Waals surface area contributed by atoms with Crippen molar-refractivity contribution >= 4 is 17.6 Å². The molecule has 222 valence electrons. The summed E-state index contributed by atoms with van der Waals surface area (Å²) in [6.07, 6.45) is 4.15. The van der Waals surface area contributed by atoms with Gasteiger partial charge in [-0.25, -0.2) is 0 Å². The first-order valence-electron chi connectivity index (χ1n) is 15.5. The molecule has 1 aliphatic rings. The Kier molecular flexibility index (Phi) is 10.7. The number of Topliss-reactive ketones (excluding diaryl/α,β-unsaturated/α-hetero) is 1. The Hall–Kier alpha value is -3.73. The highest BCUT2D eigenvalue weighted by atomic mass is 16.2. The zero-order valence-electron chi connectivity index (χ0n) is 25.9. The van der Waals surface area contributed by atoms with E-state index in [1.54, 1.807) is 4.90 Å². The normalized spacial score (nSPS) is 14.6. The lowest BCUT2D eigenvalue weighted by Gasteiger charge is -2.21. The van der Waals surface area contributed by atoms with Gasteiger partial charge in [0, 0.05) is 49.8 Å². The third-order valence-corrected chi connectivity index (χ3v) is 8.72. The molecule has 1 aliphatic heterocycles. The topological polar surface area (TPSA) is 57.7 Å². The van der Waals surface area contributed by atoms with Gasteiger partial charge in [0.1, 0.15) is 0 Å². The van der Waals surface area contributed by atoms with Gasteiger partial charge in [0.2, 0.25) is 0 Å². The van der Waals surface area contributed by atoms with Crippen LogP contribution >= 0.6 is 0 Å². The number of ketones is 1. The average Bonchev–Trinajstić information content (AvgIpc) is 3.56. The molecule has 3 aromatic carbocycles. The quantitative estimate of drug-likeness (QED) is 0.208. The fraction of sp³-hybridized carbons (Fsp3) is 0.432. The summed E-state index contributed by atoms with van der Waals surface area (Å²) in [6.45, 7) is 10.9. The zero-order valence-corrected chi connectivity index (χ0v) is 25.9. The van der Waals surface area contributed by atoms with Gasteiger partial charge in [0.05, 0.1) is 0 Å².